The van der Waals surface area contributed by atoms with Crippen molar-refractivity contribution in [1.82, 2.24) is 10.2 Å². The van der Waals surface area contributed by atoms with Crippen LogP contribution in [0.15, 0.2) is 22.7 Å². The van der Waals surface area contributed by atoms with Gasteiger partial charge < -0.3 is 5.32 Å². The first-order valence-electron chi connectivity index (χ1n) is 5.59. The van der Waals surface area contributed by atoms with Crippen molar-refractivity contribution in [3.63, 3.8) is 0 Å². The van der Waals surface area contributed by atoms with E-state index in [1.54, 1.807) is 12.1 Å². The quantitative estimate of drug-likeness (QED) is 0.914. The molecule has 16 heavy (non-hydrogen) atoms. The van der Waals surface area contributed by atoms with Crippen molar-refractivity contribution >= 4 is 15.9 Å². The van der Waals surface area contributed by atoms with Crippen LogP contribution in [0.5, 0.6) is 0 Å². The number of nitrogens with zero attached hydrogens (tertiary/aromatic N) is 1. The summed E-state index contributed by atoms with van der Waals surface area (Å²) >= 11 is 3.17. The Morgan fingerprint density at radius 2 is 2.25 bits per heavy atom. The average Bonchev–Trinajstić information content (AvgIpc) is 2.20. The molecule has 1 N–H and O–H groups in total. The maximum absolute atomic E-state index is 13.4. The standard InChI is InChI=1S/C12H16BrFN2/c1-2-16(10-6-15-7-10)8-9-3-4-11(13)12(14)5-9/h3-5,10,15H,2,6-8H2,1H3. The highest BCUT2D eigenvalue weighted by molar-refractivity contribution is 9.10. The molecule has 88 valence electrons. The summed E-state index contributed by atoms with van der Waals surface area (Å²) in [6.07, 6.45) is 0. The number of nitrogens with one attached hydrogen (secondary N) is 1. The van der Waals surface area contributed by atoms with E-state index in [1.807, 2.05) is 6.07 Å². The van der Waals surface area contributed by atoms with Crippen molar-refractivity contribution in [2.45, 2.75) is 19.5 Å². The van der Waals surface area contributed by atoms with E-state index in [-0.39, 0.29) is 5.82 Å². The predicted octanol–water partition coefficient (Wildman–Crippen LogP) is 2.38. The highest BCUT2D eigenvalue weighted by Crippen LogP contribution is 2.18. The number of halogens is 2. The van der Waals surface area contributed by atoms with Crippen LogP contribution in [0.2, 0.25) is 0 Å². The molecule has 0 amide bonds. The van der Waals surface area contributed by atoms with Gasteiger partial charge in [0.2, 0.25) is 0 Å². The smallest absolute Gasteiger partial charge is 0.137 e. The molecular formula is C12H16BrFN2. The summed E-state index contributed by atoms with van der Waals surface area (Å²) in [5.74, 6) is -0.180. The van der Waals surface area contributed by atoms with Crippen LogP contribution in [0.1, 0.15) is 12.5 Å². The third-order valence-electron chi connectivity index (χ3n) is 3.05. The number of rotatable bonds is 4. The zero-order valence-corrected chi connectivity index (χ0v) is 10.9. The van der Waals surface area contributed by atoms with Gasteiger partial charge in [-0.05, 0) is 40.2 Å². The Morgan fingerprint density at radius 1 is 1.50 bits per heavy atom. The monoisotopic (exact) mass is 286 g/mol. The van der Waals surface area contributed by atoms with Crippen LogP contribution < -0.4 is 5.32 Å². The second kappa shape index (κ2) is 5.25. The van der Waals surface area contributed by atoms with Gasteiger partial charge in [-0.15, -0.1) is 0 Å². The summed E-state index contributed by atoms with van der Waals surface area (Å²) in [4.78, 5) is 2.37. The fourth-order valence-electron chi connectivity index (χ4n) is 1.90. The van der Waals surface area contributed by atoms with Crippen molar-refractivity contribution in [3.05, 3.63) is 34.1 Å². The molecule has 4 heteroatoms. The van der Waals surface area contributed by atoms with Gasteiger partial charge in [-0.1, -0.05) is 13.0 Å². The van der Waals surface area contributed by atoms with E-state index in [0.717, 1.165) is 31.7 Å². The number of hydrogen-bond acceptors (Lipinski definition) is 2. The molecule has 1 aromatic rings. The van der Waals surface area contributed by atoms with Crippen molar-refractivity contribution in [1.29, 1.82) is 0 Å². The number of likely N-dealkylation sites (N-methyl/N-ethyl adjacent to an activating group) is 1. The molecule has 0 aliphatic carbocycles. The van der Waals surface area contributed by atoms with Crippen LogP contribution in [-0.4, -0.2) is 30.6 Å². The molecule has 0 unspecified atom stereocenters. The van der Waals surface area contributed by atoms with Crippen molar-refractivity contribution in [2.75, 3.05) is 19.6 Å². The molecule has 1 fully saturated rings. The van der Waals surface area contributed by atoms with Crippen molar-refractivity contribution < 1.29 is 4.39 Å². The molecule has 2 rings (SSSR count). The molecule has 1 heterocycles. The molecule has 1 saturated heterocycles. The molecule has 0 bridgehead atoms. The van der Waals surface area contributed by atoms with Crippen LogP contribution in [0.25, 0.3) is 0 Å². The third-order valence-corrected chi connectivity index (χ3v) is 3.70. The molecule has 0 aromatic heterocycles. The molecule has 0 radical (unpaired) electrons. The van der Waals surface area contributed by atoms with Gasteiger partial charge in [0.05, 0.1) is 4.47 Å². The Labute approximate surface area is 104 Å². The molecule has 1 aliphatic heterocycles. The summed E-state index contributed by atoms with van der Waals surface area (Å²) in [6, 6.07) is 5.97. The minimum atomic E-state index is -0.180. The Bertz CT molecular complexity index is 366. The van der Waals surface area contributed by atoms with E-state index in [0.29, 0.717) is 10.5 Å². The van der Waals surface area contributed by atoms with Crippen LogP contribution >= 0.6 is 15.9 Å². The largest absolute Gasteiger partial charge is 0.314 e. The zero-order chi connectivity index (χ0) is 11.5. The van der Waals surface area contributed by atoms with Gasteiger partial charge in [0.1, 0.15) is 5.82 Å². The van der Waals surface area contributed by atoms with Crippen LogP contribution in [-0.2, 0) is 6.54 Å². The van der Waals surface area contributed by atoms with E-state index in [2.05, 4.69) is 33.1 Å². The maximum atomic E-state index is 13.4. The SMILES string of the molecule is CCN(Cc1ccc(Br)c(F)c1)C1CNC1. The zero-order valence-electron chi connectivity index (χ0n) is 9.34. The maximum Gasteiger partial charge on any atom is 0.137 e. The first kappa shape index (κ1) is 12.0. The fraction of sp³-hybridized carbons (Fsp3) is 0.500. The third kappa shape index (κ3) is 2.62. The highest BCUT2D eigenvalue weighted by Gasteiger charge is 2.23. The number of benzene rings is 1. The molecule has 1 aliphatic rings. The van der Waals surface area contributed by atoms with E-state index in [1.165, 1.54) is 0 Å². The summed E-state index contributed by atoms with van der Waals surface area (Å²) in [5, 5.41) is 3.26. The minimum Gasteiger partial charge on any atom is -0.314 e. The Balaban J connectivity index is 2.03. The topological polar surface area (TPSA) is 15.3 Å². The van der Waals surface area contributed by atoms with Crippen molar-refractivity contribution in [2.24, 2.45) is 0 Å². The van der Waals surface area contributed by atoms with Crippen LogP contribution in [0, 0.1) is 5.82 Å². The van der Waals surface area contributed by atoms with Gasteiger partial charge in [0, 0.05) is 25.7 Å². The van der Waals surface area contributed by atoms with Gasteiger partial charge in [-0.3, -0.25) is 4.90 Å². The number of hydrogen-bond donors (Lipinski definition) is 1. The first-order valence-corrected chi connectivity index (χ1v) is 6.38. The van der Waals surface area contributed by atoms with Gasteiger partial charge in [0.25, 0.3) is 0 Å². The van der Waals surface area contributed by atoms with Gasteiger partial charge >= 0.3 is 0 Å². The second-order valence-corrected chi connectivity index (χ2v) is 4.98. The molecule has 0 atom stereocenters. The van der Waals surface area contributed by atoms with E-state index >= 15 is 0 Å². The Kier molecular flexibility index (Phi) is 3.95. The van der Waals surface area contributed by atoms with Gasteiger partial charge in [0.15, 0.2) is 0 Å². The molecule has 1 aromatic carbocycles. The molecule has 2 nitrogen and oxygen atoms in total. The minimum absolute atomic E-state index is 0.180. The van der Waals surface area contributed by atoms with E-state index in [4.69, 9.17) is 0 Å². The fourth-order valence-corrected chi connectivity index (χ4v) is 2.15. The summed E-state index contributed by atoms with van der Waals surface area (Å²) in [7, 11) is 0. The lowest BCUT2D eigenvalue weighted by atomic mass is 10.1. The first-order chi connectivity index (χ1) is 7.70. The normalized spacial score (nSPS) is 16.5. The highest BCUT2D eigenvalue weighted by atomic mass is 79.9. The van der Waals surface area contributed by atoms with Crippen LogP contribution in [0.4, 0.5) is 4.39 Å². The summed E-state index contributed by atoms with van der Waals surface area (Å²) < 4.78 is 13.9. The average molecular weight is 287 g/mol. The van der Waals surface area contributed by atoms with E-state index in [9.17, 15) is 4.39 Å². The summed E-state index contributed by atoms with van der Waals surface area (Å²) in [5.41, 5.74) is 1.04. The lowest BCUT2D eigenvalue weighted by molar-refractivity contribution is 0.145. The van der Waals surface area contributed by atoms with E-state index < -0.39 is 0 Å². The van der Waals surface area contributed by atoms with Gasteiger partial charge in [-0.2, -0.15) is 0 Å². The van der Waals surface area contributed by atoms with Crippen molar-refractivity contribution in [3.8, 4) is 0 Å². The lowest BCUT2D eigenvalue weighted by Crippen LogP contribution is -2.56. The molecule has 0 saturated carbocycles. The molecule has 0 spiro atoms. The predicted molar refractivity (Wildman–Crippen MR) is 66.8 cm³/mol. The molecular weight excluding hydrogens is 271 g/mol. The van der Waals surface area contributed by atoms with Gasteiger partial charge in [-0.25, -0.2) is 4.39 Å². The Morgan fingerprint density at radius 3 is 2.75 bits per heavy atom. The second-order valence-electron chi connectivity index (χ2n) is 4.12. The summed E-state index contributed by atoms with van der Waals surface area (Å²) in [6.45, 7) is 6.07. The van der Waals surface area contributed by atoms with Crippen LogP contribution in [0.3, 0.4) is 0 Å². The Hall–Kier alpha value is -0.450. The lowest BCUT2D eigenvalue weighted by Gasteiger charge is -2.37.